The SMILES string of the molecule is O=C(Cc1ccc(Br)cc1Cl)c1cccc(C(F)(F)F)c1. The number of benzene rings is 2. The summed E-state index contributed by atoms with van der Waals surface area (Å²) in [4.78, 5) is 12.1. The quantitative estimate of drug-likeness (QED) is 0.641. The van der Waals surface area contributed by atoms with Gasteiger partial charge in [-0.2, -0.15) is 13.2 Å². The molecule has 0 radical (unpaired) electrons. The lowest BCUT2D eigenvalue weighted by Crippen LogP contribution is -2.09. The van der Waals surface area contributed by atoms with Crippen molar-refractivity contribution in [1.29, 1.82) is 0 Å². The van der Waals surface area contributed by atoms with Crippen molar-refractivity contribution in [3.05, 3.63) is 68.7 Å². The van der Waals surface area contributed by atoms with Gasteiger partial charge < -0.3 is 0 Å². The normalized spacial score (nSPS) is 11.5. The molecule has 0 heterocycles. The van der Waals surface area contributed by atoms with Crippen LogP contribution in [0, 0.1) is 0 Å². The summed E-state index contributed by atoms with van der Waals surface area (Å²) in [6, 6.07) is 9.40. The largest absolute Gasteiger partial charge is 0.416 e. The molecule has 2 aromatic carbocycles. The molecule has 1 nitrogen and oxygen atoms in total. The molecule has 0 bridgehead atoms. The highest BCUT2D eigenvalue weighted by molar-refractivity contribution is 9.10. The highest BCUT2D eigenvalue weighted by Crippen LogP contribution is 2.30. The van der Waals surface area contributed by atoms with Crippen molar-refractivity contribution in [2.24, 2.45) is 0 Å². The molecule has 0 saturated carbocycles. The van der Waals surface area contributed by atoms with Gasteiger partial charge in [-0.05, 0) is 29.8 Å². The summed E-state index contributed by atoms with van der Waals surface area (Å²) in [7, 11) is 0. The van der Waals surface area contributed by atoms with Crippen LogP contribution in [0.5, 0.6) is 0 Å². The van der Waals surface area contributed by atoms with Gasteiger partial charge in [-0.1, -0.05) is 45.7 Å². The minimum absolute atomic E-state index is 0.0174. The molecule has 0 unspecified atom stereocenters. The Morgan fingerprint density at radius 2 is 1.86 bits per heavy atom. The van der Waals surface area contributed by atoms with E-state index in [2.05, 4.69) is 15.9 Å². The standard InChI is InChI=1S/C15H9BrClF3O/c16-12-5-4-9(13(17)8-12)7-14(21)10-2-1-3-11(6-10)15(18,19)20/h1-6,8H,7H2. The zero-order valence-electron chi connectivity index (χ0n) is 10.5. The van der Waals surface area contributed by atoms with E-state index < -0.39 is 17.5 Å². The van der Waals surface area contributed by atoms with Crippen LogP contribution in [0.15, 0.2) is 46.9 Å². The van der Waals surface area contributed by atoms with E-state index in [1.165, 1.54) is 12.1 Å². The molecular formula is C15H9BrClF3O. The zero-order chi connectivity index (χ0) is 15.6. The van der Waals surface area contributed by atoms with Gasteiger partial charge in [0.05, 0.1) is 5.56 Å². The number of hydrogen-bond donors (Lipinski definition) is 0. The summed E-state index contributed by atoms with van der Waals surface area (Å²) < 4.78 is 38.7. The Morgan fingerprint density at radius 3 is 2.48 bits per heavy atom. The van der Waals surface area contributed by atoms with Crippen LogP contribution >= 0.6 is 27.5 Å². The smallest absolute Gasteiger partial charge is 0.294 e. The number of hydrogen-bond acceptors (Lipinski definition) is 1. The minimum Gasteiger partial charge on any atom is -0.294 e. The van der Waals surface area contributed by atoms with Crippen LogP contribution in [-0.2, 0) is 12.6 Å². The van der Waals surface area contributed by atoms with Crippen LogP contribution in [0.25, 0.3) is 0 Å². The average molecular weight is 378 g/mol. The molecule has 0 saturated heterocycles. The molecule has 2 rings (SSSR count). The van der Waals surface area contributed by atoms with Crippen molar-refractivity contribution < 1.29 is 18.0 Å². The number of halogens is 5. The predicted octanol–water partition coefficient (Wildman–Crippen LogP) is 5.55. The topological polar surface area (TPSA) is 17.1 Å². The number of carbonyl (C=O) groups is 1. The fourth-order valence-electron chi connectivity index (χ4n) is 1.81. The Labute approximate surface area is 132 Å². The average Bonchev–Trinajstić information content (AvgIpc) is 2.41. The first-order valence-corrected chi connectivity index (χ1v) is 7.09. The molecule has 0 aliphatic rings. The third-order valence-electron chi connectivity index (χ3n) is 2.88. The molecule has 0 aliphatic heterocycles. The lowest BCUT2D eigenvalue weighted by molar-refractivity contribution is -0.137. The van der Waals surface area contributed by atoms with Gasteiger partial charge in [-0.3, -0.25) is 4.79 Å². The van der Waals surface area contributed by atoms with Crippen molar-refractivity contribution in [2.75, 3.05) is 0 Å². The first kappa shape index (κ1) is 16.0. The van der Waals surface area contributed by atoms with Gasteiger partial charge in [0.25, 0.3) is 0 Å². The molecule has 0 amide bonds. The van der Waals surface area contributed by atoms with Crippen molar-refractivity contribution in [3.63, 3.8) is 0 Å². The van der Waals surface area contributed by atoms with Crippen LogP contribution < -0.4 is 0 Å². The van der Waals surface area contributed by atoms with E-state index in [0.717, 1.165) is 16.6 Å². The maximum Gasteiger partial charge on any atom is 0.416 e. The van der Waals surface area contributed by atoms with E-state index in [-0.39, 0.29) is 12.0 Å². The number of carbonyl (C=O) groups excluding carboxylic acids is 1. The molecule has 110 valence electrons. The molecule has 2 aromatic rings. The minimum atomic E-state index is -4.47. The Balaban J connectivity index is 2.25. The molecule has 0 aromatic heterocycles. The highest BCUT2D eigenvalue weighted by atomic mass is 79.9. The van der Waals surface area contributed by atoms with Crippen LogP contribution in [-0.4, -0.2) is 5.78 Å². The molecule has 0 fully saturated rings. The fourth-order valence-corrected chi connectivity index (χ4v) is 2.55. The molecular weight excluding hydrogens is 369 g/mol. The van der Waals surface area contributed by atoms with Crippen molar-refractivity contribution in [2.45, 2.75) is 12.6 Å². The van der Waals surface area contributed by atoms with Crippen molar-refractivity contribution >= 4 is 33.3 Å². The Kier molecular flexibility index (Phi) is 4.74. The second kappa shape index (κ2) is 6.20. The maximum absolute atomic E-state index is 12.6. The highest BCUT2D eigenvalue weighted by Gasteiger charge is 2.30. The molecule has 6 heteroatoms. The van der Waals surface area contributed by atoms with Crippen molar-refractivity contribution in [3.8, 4) is 0 Å². The molecule has 0 N–H and O–H groups in total. The van der Waals surface area contributed by atoms with Crippen LogP contribution in [0.3, 0.4) is 0 Å². The lowest BCUT2D eigenvalue weighted by atomic mass is 10.0. The second-order valence-corrected chi connectivity index (χ2v) is 5.74. The van der Waals surface area contributed by atoms with Gasteiger partial charge in [0, 0.05) is 21.5 Å². The molecule has 0 spiro atoms. The Bertz CT molecular complexity index is 683. The molecule has 21 heavy (non-hydrogen) atoms. The van der Waals surface area contributed by atoms with E-state index in [1.807, 2.05) is 0 Å². The number of rotatable bonds is 3. The Morgan fingerprint density at radius 1 is 1.14 bits per heavy atom. The molecule has 0 aliphatic carbocycles. The summed E-state index contributed by atoms with van der Waals surface area (Å²) in [5.41, 5.74) is -0.249. The summed E-state index contributed by atoms with van der Waals surface area (Å²) >= 11 is 9.25. The van der Waals surface area contributed by atoms with E-state index in [0.29, 0.717) is 10.6 Å². The van der Waals surface area contributed by atoms with E-state index in [9.17, 15) is 18.0 Å². The number of Topliss-reactive ketones (excluding diaryl/α,β-unsaturated/α-hetero) is 1. The van der Waals surface area contributed by atoms with E-state index >= 15 is 0 Å². The van der Waals surface area contributed by atoms with Crippen LogP contribution in [0.2, 0.25) is 5.02 Å². The fraction of sp³-hybridized carbons (Fsp3) is 0.133. The first-order chi connectivity index (χ1) is 9.77. The third-order valence-corrected chi connectivity index (χ3v) is 3.72. The van der Waals surface area contributed by atoms with Gasteiger partial charge in [-0.25, -0.2) is 0 Å². The van der Waals surface area contributed by atoms with Crippen LogP contribution in [0.1, 0.15) is 21.5 Å². The van der Waals surface area contributed by atoms with Gasteiger partial charge >= 0.3 is 6.18 Å². The lowest BCUT2D eigenvalue weighted by Gasteiger charge is -2.09. The molecule has 0 atom stereocenters. The third kappa shape index (κ3) is 4.08. The summed E-state index contributed by atoms with van der Waals surface area (Å²) in [5.74, 6) is -0.412. The van der Waals surface area contributed by atoms with Gasteiger partial charge in [0.2, 0.25) is 0 Å². The predicted molar refractivity (Wildman–Crippen MR) is 78.6 cm³/mol. The van der Waals surface area contributed by atoms with E-state index in [1.54, 1.807) is 18.2 Å². The van der Waals surface area contributed by atoms with Crippen LogP contribution in [0.4, 0.5) is 13.2 Å². The monoisotopic (exact) mass is 376 g/mol. The van der Waals surface area contributed by atoms with Crippen molar-refractivity contribution in [1.82, 2.24) is 0 Å². The van der Waals surface area contributed by atoms with Gasteiger partial charge in [0.1, 0.15) is 0 Å². The van der Waals surface area contributed by atoms with E-state index in [4.69, 9.17) is 11.6 Å². The number of alkyl halides is 3. The Hall–Kier alpha value is -1.33. The van der Waals surface area contributed by atoms with Gasteiger partial charge in [-0.15, -0.1) is 0 Å². The van der Waals surface area contributed by atoms with Gasteiger partial charge in [0.15, 0.2) is 5.78 Å². The summed E-state index contributed by atoms with van der Waals surface area (Å²) in [6.45, 7) is 0. The zero-order valence-corrected chi connectivity index (χ0v) is 12.9. The maximum atomic E-state index is 12.6. The summed E-state index contributed by atoms with van der Waals surface area (Å²) in [6.07, 6.45) is -4.51. The first-order valence-electron chi connectivity index (χ1n) is 5.92. The number of ketones is 1. The second-order valence-electron chi connectivity index (χ2n) is 4.41. The summed E-state index contributed by atoms with van der Waals surface area (Å²) in [5, 5.41) is 0.393.